The van der Waals surface area contributed by atoms with Gasteiger partial charge in [0, 0.05) is 12.6 Å². The van der Waals surface area contributed by atoms with Crippen molar-refractivity contribution in [3.05, 3.63) is 81.5 Å². The maximum atomic E-state index is 7.34. The van der Waals surface area contributed by atoms with Crippen LogP contribution in [-0.4, -0.2) is 26.7 Å². The molecule has 0 saturated carbocycles. The highest BCUT2D eigenvalue weighted by atomic mass is 79.9. The highest BCUT2D eigenvalue weighted by molar-refractivity contribution is 9.10. The second kappa shape index (κ2) is 8.07. The first kappa shape index (κ1) is 19.2. The lowest BCUT2D eigenvalue weighted by molar-refractivity contribution is 0.414. The van der Waals surface area contributed by atoms with Crippen LogP contribution in [0.5, 0.6) is 5.75 Å². The van der Waals surface area contributed by atoms with Gasteiger partial charge in [0.15, 0.2) is 5.15 Å². The van der Waals surface area contributed by atoms with E-state index in [4.69, 9.17) is 22.9 Å². The molecule has 4 rings (SSSR count). The van der Waals surface area contributed by atoms with Gasteiger partial charge in [-0.15, -0.1) is 4.52 Å². The van der Waals surface area contributed by atoms with Crippen molar-refractivity contribution in [3.63, 3.8) is 0 Å². The van der Waals surface area contributed by atoms with Crippen molar-refractivity contribution < 1.29 is 4.74 Å². The Morgan fingerprint density at radius 2 is 2.03 bits per heavy atom. The molecule has 144 valence electrons. The maximum Gasteiger partial charge on any atom is 0.275 e. The maximum absolute atomic E-state index is 7.34. The van der Waals surface area contributed by atoms with Crippen LogP contribution in [-0.2, 0) is 6.54 Å². The Bertz CT molecular complexity index is 1220. The van der Waals surface area contributed by atoms with Crippen molar-refractivity contribution in [2.24, 2.45) is 0 Å². The summed E-state index contributed by atoms with van der Waals surface area (Å²) in [6, 6.07) is 15.2. The van der Waals surface area contributed by atoms with Crippen LogP contribution in [0.25, 0.3) is 10.5 Å². The van der Waals surface area contributed by atoms with Crippen LogP contribution < -0.4 is 9.64 Å². The van der Waals surface area contributed by atoms with Crippen molar-refractivity contribution in [1.82, 2.24) is 19.6 Å². The van der Waals surface area contributed by atoms with Gasteiger partial charge in [0.05, 0.1) is 13.3 Å². The monoisotopic (exact) mass is 468 g/mol. The van der Waals surface area contributed by atoms with E-state index in [2.05, 4.69) is 35.8 Å². The van der Waals surface area contributed by atoms with E-state index in [1.165, 1.54) is 10.7 Å². The van der Waals surface area contributed by atoms with Crippen LogP contribution in [0.2, 0.25) is 5.15 Å². The summed E-state index contributed by atoms with van der Waals surface area (Å²) in [7, 11) is 1.63. The van der Waals surface area contributed by atoms with Gasteiger partial charge in [-0.1, -0.05) is 41.5 Å². The molecule has 0 N–H and O–H groups in total. The predicted molar refractivity (Wildman–Crippen MR) is 115 cm³/mol. The molecule has 7 nitrogen and oxygen atoms in total. The van der Waals surface area contributed by atoms with Crippen LogP contribution in [0.3, 0.4) is 0 Å². The van der Waals surface area contributed by atoms with E-state index < -0.39 is 0 Å². The third-order valence-corrected chi connectivity index (χ3v) is 4.91. The first-order chi connectivity index (χ1) is 14.1. The highest BCUT2D eigenvalue weighted by Gasteiger charge is 2.21. The van der Waals surface area contributed by atoms with Crippen molar-refractivity contribution in [3.8, 4) is 5.75 Å². The third-order valence-electron chi connectivity index (χ3n) is 4.28. The van der Waals surface area contributed by atoms with Crippen molar-refractivity contribution in [1.29, 1.82) is 0 Å². The van der Waals surface area contributed by atoms with E-state index >= 15 is 0 Å². The molecule has 0 aliphatic rings. The molecule has 4 aromatic rings. The summed E-state index contributed by atoms with van der Waals surface area (Å²) < 4.78 is 7.40. The van der Waals surface area contributed by atoms with E-state index in [1.54, 1.807) is 13.2 Å². The van der Waals surface area contributed by atoms with E-state index in [9.17, 15) is 0 Å². The summed E-state index contributed by atoms with van der Waals surface area (Å²) >= 11 is 9.71. The Balaban J connectivity index is 1.87. The Morgan fingerprint density at radius 3 is 2.72 bits per heavy atom. The molecule has 0 aliphatic carbocycles. The molecule has 3 aromatic heterocycles. The molecule has 0 bridgehead atoms. The minimum atomic E-state index is 0.255. The molecule has 0 spiro atoms. The summed E-state index contributed by atoms with van der Waals surface area (Å²) in [5.74, 6) is 1.77. The Kier molecular flexibility index (Phi) is 5.34. The van der Waals surface area contributed by atoms with Crippen molar-refractivity contribution in [2.45, 2.75) is 6.54 Å². The largest absolute Gasteiger partial charge is 0.497 e. The summed E-state index contributed by atoms with van der Waals surface area (Å²) in [4.78, 5) is 14.4. The van der Waals surface area contributed by atoms with Crippen LogP contribution in [0.4, 0.5) is 17.3 Å². The number of anilines is 2. The lowest BCUT2D eigenvalue weighted by Gasteiger charge is -2.24. The number of aromatic nitrogens is 4. The zero-order chi connectivity index (χ0) is 20.4. The first-order valence-electron chi connectivity index (χ1n) is 8.54. The summed E-state index contributed by atoms with van der Waals surface area (Å²) in [5, 5.41) is 4.48. The molecular weight excluding hydrogens is 456 g/mol. The molecule has 0 atom stereocenters. The van der Waals surface area contributed by atoms with Gasteiger partial charge < -0.3 is 14.5 Å². The summed E-state index contributed by atoms with van der Waals surface area (Å²) in [6.45, 7) is 7.84. The molecular formula is C20H14BrClN6O. The average Bonchev–Trinajstić information content (AvgIpc) is 3.14. The number of imidazole rings is 1. The van der Waals surface area contributed by atoms with Crippen molar-refractivity contribution in [2.75, 3.05) is 12.0 Å². The Labute approximate surface area is 180 Å². The van der Waals surface area contributed by atoms with Gasteiger partial charge >= 0.3 is 0 Å². The normalized spacial score (nSPS) is 10.7. The van der Waals surface area contributed by atoms with Gasteiger partial charge in [0.2, 0.25) is 0 Å². The number of ether oxygens (including phenoxy) is 1. The quantitative estimate of drug-likeness (QED) is 0.288. The number of hydrogen-bond donors (Lipinski definition) is 0. The Morgan fingerprint density at radius 1 is 1.24 bits per heavy atom. The SMILES string of the molecule is [C-]#[N+]c1cnc2c(N(Cc3ccc(OC)cc3)c3cccc(Br)n3)cc(Cl)nn12. The molecule has 0 fully saturated rings. The van der Waals surface area contributed by atoms with Crippen LogP contribution in [0.15, 0.2) is 59.3 Å². The molecule has 0 radical (unpaired) electrons. The highest BCUT2D eigenvalue weighted by Crippen LogP contribution is 2.33. The van der Waals surface area contributed by atoms with Crippen LogP contribution in [0, 0.1) is 6.57 Å². The Hall–Kier alpha value is -3.15. The van der Waals surface area contributed by atoms with E-state index in [-0.39, 0.29) is 11.0 Å². The first-order valence-corrected chi connectivity index (χ1v) is 9.71. The minimum Gasteiger partial charge on any atom is -0.497 e. The second-order valence-electron chi connectivity index (χ2n) is 6.07. The zero-order valence-corrected chi connectivity index (χ0v) is 17.6. The number of methoxy groups -OCH3 is 1. The van der Waals surface area contributed by atoms with E-state index in [0.29, 0.717) is 28.3 Å². The molecule has 0 amide bonds. The fraction of sp³-hybridized carbons (Fsp3) is 0.100. The number of halogens is 2. The number of pyridine rings is 1. The van der Waals surface area contributed by atoms with Gasteiger partial charge in [-0.2, -0.15) is 0 Å². The summed E-state index contributed by atoms with van der Waals surface area (Å²) in [6.07, 6.45) is 1.48. The molecule has 1 aromatic carbocycles. The average molecular weight is 470 g/mol. The number of rotatable bonds is 5. The lowest BCUT2D eigenvalue weighted by Crippen LogP contribution is -2.19. The van der Waals surface area contributed by atoms with Crippen LogP contribution >= 0.6 is 27.5 Å². The predicted octanol–water partition coefficient (Wildman–Crippen LogP) is 5.44. The van der Waals surface area contributed by atoms with Gasteiger partial charge in [0.25, 0.3) is 11.5 Å². The van der Waals surface area contributed by atoms with Gasteiger partial charge in [-0.05, 0) is 45.8 Å². The van der Waals surface area contributed by atoms with Crippen LogP contribution in [0.1, 0.15) is 5.56 Å². The molecule has 29 heavy (non-hydrogen) atoms. The molecule has 0 unspecified atom stereocenters. The fourth-order valence-corrected chi connectivity index (χ4v) is 3.45. The minimum absolute atomic E-state index is 0.255. The second-order valence-corrected chi connectivity index (χ2v) is 7.27. The van der Waals surface area contributed by atoms with Gasteiger partial charge in [-0.25, -0.2) is 9.97 Å². The number of benzene rings is 1. The molecule has 9 heteroatoms. The van der Waals surface area contributed by atoms with Crippen molar-refractivity contribution >= 4 is 50.5 Å². The zero-order valence-electron chi connectivity index (χ0n) is 15.3. The molecule has 3 heterocycles. The smallest absolute Gasteiger partial charge is 0.275 e. The number of hydrogen-bond acceptors (Lipinski definition) is 5. The van der Waals surface area contributed by atoms with E-state index in [0.717, 1.165) is 11.3 Å². The summed E-state index contributed by atoms with van der Waals surface area (Å²) in [5.41, 5.74) is 2.26. The van der Waals surface area contributed by atoms with E-state index in [1.807, 2.05) is 47.4 Å². The standard InChI is InChI=1S/C20H14BrClN6O/c1-23-19-11-24-20-15(10-17(22)26-28(19)20)27(18-5-3-4-16(21)25-18)12-13-6-8-14(29-2)9-7-13/h3-11H,12H2,2H3. The van der Waals surface area contributed by atoms with Gasteiger partial charge in [0.1, 0.15) is 21.9 Å². The molecule has 0 aliphatic heterocycles. The number of fused-ring (bicyclic) bond motifs is 1. The fourth-order valence-electron chi connectivity index (χ4n) is 2.94. The third kappa shape index (κ3) is 3.88. The number of nitrogens with zero attached hydrogens (tertiary/aromatic N) is 6. The molecule has 0 saturated heterocycles. The van der Waals surface area contributed by atoms with Gasteiger partial charge in [-0.3, -0.25) is 0 Å². The lowest BCUT2D eigenvalue weighted by atomic mass is 10.2. The topological polar surface area (TPSA) is 59.9 Å².